The molecule has 1 rings (SSSR count). The Labute approximate surface area is 114 Å². The fourth-order valence-electron chi connectivity index (χ4n) is 1.85. The number of unbranched alkanes of at least 4 members (excludes halogenated alkanes) is 4. The molecule has 1 unspecified atom stereocenters. The van der Waals surface area contributed by atoms with Gasteiger partial charge in [0.15, 0.2) is 0 Å². The van der Waals surface area contributed by atoms with Gasteiger partial charge in [-0.2, -0.15) is 0 Å². The topological polar surface area (TPSA) is 26.0 Å². The zero-order valence-electron chi connectivity index (χ0n) is 11.2. The molecule has 0 aliphatic carbocycles. The molecule has 0 saturated heterocycles. The van der Waals surface area contributed by atoms with Crippen LogP contribution in [-0.4, -0.2) is 11.8 Å². The molecule has 1 nitrogen and oxygen atoms in total. The molecule has 0 aliphatic rings. The van der Waals surface area contributed by atoms with Crippen LogP contribution < -0.4 is 5.73 Å². The first kappa shape index (κ1) is 15.5. The Hall–Kier alpha value is -0.540. The van der Waals surface area contributed by atoms with E-state index in [0.29, 0.717) is 0 Å². The smallest absolute Gasteiger partial charge is 0.124 e. The number of hydrogen-bond acceptors (Lipinski definition) is 2. The van der Waals surface area contributed by atoms with Crippen LogP contribution in [0.2, 0.25) is 0 Å². The highest BCUT2D eigenvalue weighted by Gasteiger charge is 2.04. The Morgan fingerprint density at radius 1 is 1.22 bits per heavy atom. The highest BCUT2D eigenvalue weighted by Crippen LogP contribution is 2.20. The van der Waals surface area contributed by atoms with Crippen molar-refractivity contribution in [2.24, 2.45) is 5.73 Å². The van der Waals surface area contributed by atoms with E-state index in [1.165, 1.54) is 38.2 Å². The summed E-state index contributed by atoms with van der Waals surface area (Å²) in [5.74, 6) is 0.699. The molecule has 0 aliphatic heterocycles. The summed E-state index contributed by atoms with van der Waals surface area (Å²) in [5, 5.41) is 0. The Morgan fingerprint density at radius 2 is 2.00 bits per heavy atom. The lowest BCUT2D eigenvalue weighted by molar-refractivity contribution is 0.566. The lowest BCUT2D eigenvalue weighted by atomic mass is 10.1. The molecule has 0 fully saturated rings. The normalized spacial score (nSPS) is 12.6. The van der Waals surface area contributed by atoms with Crippen molar-refractivity contribution in [2.45, 2.75) is 56.4 Å². The van der Waals surface area contributed by atoms with Crippen LogP contribution >= 0.6 is 11.8 Å². The minimum atomic E-state index is -0.173. The minimum absolute atomic E-state index is 0.173. The van der Waals surface area contributed by atoms with Crippen LogP contribution in [0.5, 0.6) is 0 Å². The zero-order valence-corrected chi connectivity index (χ0v) is 12.0. The first-order valence-corrected chi connectivity index (χ1v) is 7.85. The average Bonchev–Trinajstić information content (AvgIpc) is 2.36. The number of thioether (sulfide) groups is 1. The largest absolute Gasteiger partial charge is 0.327 e. The summed E-state index contributed by atoms with van der Waals surface area (Å²) in [4.78, 5) is 0.969. The van der Waals surface area contributed by atoms with Crippen LogP contribution in [0.25, 0.3) is 0 Å². The fraction of sp³-hybridized carbons (Fsp3) is 0.600. The van der Waals surface area contributed by atoms with E-state index in [4.69, 9.17) is 5.73 Å². The maximum absolute atomic E-state index is 13.0. The number of nitrogens with two attached hydrogens (primary N) is 1. The molecule has 18 heavy (non-hydrogen) atoms. The molecule has 1 atom stereocenters. The van der Waals surface area contributed by atoms with Crippen LogP contribution in [0.15, 0.2) is 29.2 Å². The molecule has 0 radical (unpaired) electrons. The minimum Gasteiger partial charge on any atom is -0.327 e. The molecule has 102 valence electrons. The van der Waals surface area contributed by atoms with Crippen LogP contribution in [0.3, 0.4) is 0 Å². The molecule has 0 bridgehead atoms. The summed E-state index contributed by atoms with van der Waals surface area (Å²) in [5.41, 5.74) is 6.06. The third kappa shape index (κ3) is 7.02. The van der Waals surface area contributed by atoms with Crippen LogP contribution in [0.4, 0.5) is 4.39 Å². The first-order valence-electron chi connectivity index (χ1n) is 6.86. The lowest BCUT2D eigenvalue weighted by Crippen LogP contribution is -2.22. The SMILES string of the molecule is CCCCCCCC(N)CSc1cccc(F)c1. The van der Waals surface area contributed by atoms with Crippen molar-refractivity contribution in [3.8, 4) is 0 Å². The van der Waals surface area contributed by atoms with Gasteiger partial charge in [-0.15, -0.1) is 11.8 Å². The number of benzene rings is 1. The highest BCUT2D eigenvalue weighted by atomic mass is 32.2. The molecular weight excluding hydrogens is 245 g/mol. The Bertz CT molecular complexity index is 330. The van der Waals surface area contributed by atoms with E-state index in [1.54, 1.807) is 23.9 Å². The van der Waals surface area contributed by atoms with Crippen molar-refractivity contribution in [2.75, 3.05) is 5.75 Å². The summed E-state index contributed by atoms with van der Waals surface area (Å²) in [6.45, 7) is 2.22. The van der Waals surface area contributed by atoms with Crippen LogP contribution in [0, 0.1) is 5.82 Å². The second-order valence-corrected chi connectivity index (χ2v) is 5.82. The third-order valence-corrected chi connectivity index (χ3v) is 4.12. The summed E-state index contributed by atoms with van der Waals surface area (Å²) in [7, 11) is 0. The Morgan fingerprint density at radius 3 is 2.72 bits per heavy atom. The van der Waals surface area contributed by atoms with Crippen molar-refractivity contribution in [1.29, 1.82) is 0 Å². The van der Waals surface area contributed by atoms with E-state index in [1.807, 2.05) is 6.07 Å². The zero-order chi connectivity index (χ0) is 13.2. The average molecular weight is 269 g/mol. The Balaban J connectivity index is 2.11. The molecule has 3 heteroatoms. The molecule has 0 heterocycles. The molecule has 0 saturated carbocycles. The van der Waals surface area contributed by atoms with Gasteiger partial charge in [-0.05, 0) is 24.6 Å². The van der Waals surface area contributed by atoms with Crippen LogP contribution in [-0.2, 0) is 0 Å². The summed E-state index contributed by atoms with van der Waals surface area (Å²) in [6.07, 6.45) is 7.50. The predicted molar refractivity (Wildman–Crippen MR) is 78.5 cm³/mol. The maximum Gasteiger partial charge on any atom is 0.124 e. The molecule has 0 aromatic heterocycles. The molecule has 1 aromatic rings. The number of halogens is 1. The lowest BCUT2D eigenvalue weighted by Gasteiger charge is -2.11. The van der Waals surface area contributed by atoms with E-state index in [2.05, 4.69) is 6.92 Å². The van der Waals surface area contributed by atoms with Gasteiger partial charge in [0.1, 0.15) is 5.82 Å². The van der Waals surface area contributed by atoms with Crippen molar-refractivity contribution in [3.63, 3.8) is 0 Å². The van der Waals surface area contributed by atoms with Gasteiger partial charge in [0.05, 0.1) is 0 Å². The number of hydrogen-bond donors (Lipinski definition) is 1. The van der Waals surface area contributed by atoms with Gasteiger partial charge in [0.2, 0.25) is 0 Å². The summed E-state index contributed by atoms with van der Waals surface area (Å²) >= 11 is 1.65. The van der Waals surface area contributed by atoms with E-state index in [9.17, 15) is 4.39 Å². The van der Waals surface area contributed by atoms with E-state index in [-0.39, 0.29) is 11.9 Å². The third-order valence-electron chi connectivity index (χ3n) is 2.94. The molecule has 0 spiro atoms. The van der Waals surface area contributed by atoms with Gasteiger partial charge >= 0.3 is 0 Å². The van der Waals surface area contributed by atoms with Crippen LogP contribution in [0.1, 0.15) is 45.4 Å². The van der Waals surface area contributed by atoms with E-state index < -0.39 is 0 Å². The van der Waals surface area contributed by atoms with Crippen molar-refractivity contribution < 1.29 is 4.39 Å². The first-order chi connectivity index (χ1) is 8.72. The number of rotatable bonds is 9. The van der Waals surface area contributed by atoms with Gasteiger partial charge in [0, 0.05) is 16.7 Å². The van der Waals surface area contributed by atoms with Crippen molar-refractivity contribution >= 4 is 11.8 Å². The van der Waals surface area contributed by atoms with Gasteiger partial charge < -0.3 is 5.73 Å². The highest BCUT2D eigenvalue weighted by molar-refractivity contribution is 7.99. The molecule has 2 N–H and O–H groups in total. The second-order valence-electron chi connectivity index (χ2n) is 4.73. The van der Waals surface area contributed by atoms with Gasteiger partial charge in [0.25, 0.3) is 0 Å². The Kier molecular flexibility index (Phi) is 8.10. The van der Waals surface area contributed by atoms with Gasteiger partial charge in [-0.1, -0.05) is 45.1 Å². The standard InChI is InChI=1S/C15H24FNS/c1-2-3-4-5-6-9-14(17)12-18-15-10-7-8-13(16)11-15/h7-8,10-11,14H,2-6,9,12,17H2,1H3. The van der Waals surface area contributed by atoms with Gasteiger partial charge in [-0.25, -0.2) is 4.39 Å². The van der Waals surface area contributed by atoms with E-state index in [0.717, 1.165) is 17.1 Å². The summed E-state index contributed by atoms with van der Waals surface area (Å²) in [6, 6.07) is 6.94. The quantitative estimate of drug-likeness (QED) is 0.523. The van der Waals surface area contributed by atoms with Gasteiger partial charge in [-0.3, -0.25) is 0 Å². The van der Waals surface area contributed by atoms with Crippen molar-refractivity contribution in [1.82, 2.24) is 0 Å². The monoisotopic (exact) mass is 269 g/mol. The molecular formula is C15H24FNS. The van der Waals surface area contributed by atoms with Crippen molar-refractivity contribution in [3.05, 3.63) is 30.1 Å². The molecule has 1 aromatic carbocycles. The maximum atomic E-state index is 13.0. The second kappa shape index (κ2) is 9.40. The predicted octanol–water partition coefficient (Wildman–Crippen LogP) is 4.61. The summed E-state index contributed by atoms with van der Waals surface area (Å²) < 4.78 is 13.0. The van der Waals surface area contributed by atoms with E-state index >= 15 is 0 Å². The molecule has 0 amide bonds. The fourth-order valence-corrected chi connectivity index (χ4v) is 2.80.